The van der Waals surface area contributed by atoms with Crippen LogP contribution in [0.4, 0.5) is 0 Å². The van der Waals surface area contributed by atoms with Crippen molar-refractivity contribution in [2.75, 3.05) is 5.75 Å². The van der Waals surface area contributed by atoms with Crippen molar-refractivity contribution in [3.05, 3.63) is 67.0 Å². The van der Waals surface area contributed by atoms with Crippen LogP contribution in [0.15, 0.2) is 60.8 Å². The van der Waals surface area contributed by atoms with Crippen LogP contribution in [0.2, 0.25) is 0 Å². The van der Waals surface area contributed by atoms with Gasteiger partial charge in [0, 0.05) is 18.3 Å². The fourth-order valence-electron chi connectivity index (χ4n) is 2.60. The summed E-state index contributed by atoms with van der Waals surface area (Å²) in [5.41, 5.74) is 1.66. The largest absolute Gasteiger partial charge is 0.289 e. The minimum Gasteiger partial charge on any atom is -0.289 e. The average Bonchev–Trinajstić information content (AvgIpc) is 2.63. The van der Waals surface area contributed by atoms with Crippen LogP contribution in [0.5, 0.6) is 0 Å². The predicted octanol–water partition coefficient (Wildman–Crippen LogP) is 8.93. The Morgan fingerprint density at radius 2 is 1.59 bits per heavy atom. The molecule has 0 N–H and O–H groups in total. The number of thioether (sulfide) groups is 1. The molecule has 1 nitrogen and oxygen atoms in total. The lowest BCUT2D eigenvalue weighted by Gasteiger charge is -2.05. The summed E-state index contributed by atoms with van der Waals surface area (Å²) in [4.78, 5) is 13.8. The molecule has 0 atom stereocenters. The molecule has 144 valence electrons. The normalized spacial score (nSPS) is 11.3. The topological polar surface area (TPSA) is 17.1 Å². The second kappa shape index (κ2) is 12.3. The Balaban J connectivity index is 1.89. The van der Waals surface area contributed by atoms with Gasteiger partial charge in [0.15, 0.2) is 5.78 Å². The lowest BCUT2D eigenvalue weighted by atomic mass is 10.1. The van der Waals surface area contributed by atoms with E-state index in [1.165, 1.54) is 42.8 Å². The van der Waals surface area contributed by atoms with Gasteiger partial charge in [0.2, 0.25) is 0 Å². The van der Waals surface area contributed by atoms with Gasteiger partial charge >= 0.3 is 0 Å². The van der Waals surface area contributed by atoms with Crippen molar-refractivity contribution >= 4 is 71.4 Å². The van der Waals surface area contributed by atoms with Gasteiger partial charge in [-0.3, -0.25) is 4.79 Å². The molecule has 0 saturated carbocycles. The van der Waals surface area contributed by atoms with Crippen LogP contribution in [0, 0.1) is 0 Å². The molecule has 0 amide bonds. The van der Waals surface area contributed by atoms with Crippen molar-refractivity contribution in [1.29, 1.82) is 0 Å². The first-order valence-corrected chi connectivity index (χ1v) is 12.5. The van der Waals surface area contributed by atoms with Crippen molar-refractivity contribution in [3.63, 3.8) is 0 Å². The van der Waals surface area contributed by atoms with E-state index in [1.54, 1.807) is 6.08 Å². The van der Waals surface area contributed by atoms with Gasteiger partial charge in [-0.2, -0.15) is 0 Å². The zero-order chi connectivity index (χ0) is 19.6. The van der Waals surface area contributed by atoms with Gasteiger partial charge < -0.3 is 0 Å². The van der Waals surface area contributed by atoms with Gasteiger partial charge in [0.1, 0.15) is 0 Å². The predicted molar refractivity (Wildman–Crippen MR) is 129 cm³/mol. The molecule has 0 spiro atoms. The van der Waals surface area contributed by atoms with Crippen LogP contribution in [0.1, 0.15) is 54.9 Å². The maximum Gasteiger partial charge on any atom is 0.188 e. The molecule has 0 unspecified atom stereocenters. The van der Waals surface area contributed by atoms with E-state index in [9.17, 15) is 4.79 Å². The van der Waals surface area contributed by atoms with E-state index in [2.05, 4.69) is 79.0 Å². The first kappa shape index (κ1) is 22.9. The number of carbonyl (C=O) groups excluding carboxylic acids is 1. The summed E-state index contributed by atoms with van der Waals surface area (Å²) < 4.78 is 2.45. The number of rotatable bonds is 10. The van der Waals surface area contributed by atoms with Gasteiger partial charge in [-0.1, -0.05) is 66.7 Å². The highest BCUT2D eigenvalue weighted by atomic mass is 79.9. The number of allylic oxidation sites excluding steroid dienone is 1. The molecular weight excluding hydrogens is 552 g/mol. The van der Waals surface area contributed by atoms with Gasteiger partial charge in [0.25, 0.3) is 0 Å². The van der Waals surface area contributed by atoms with Crippen LogP contribution < -0.4 is 0 Å². The highest BCUT2D eigenvalue weighted by Crippen LogP contribution is 2.30. The first-order chi connectivity index (χ1) is 13.0. The molecule has 27 heavy (non-hydrogen) atoms. The Kier molecular flexibility index (Phi) is 10.4. The molecule has 0 fully saturated rings. The number of carbonyl (C=O) groups is 1. The Labute approximate surface area is 191 Å². The van der Waals surface area contributed by atoms with Crippen molar-refractivity contribution < 1.29 is 4.79 Å². The summed E-state index contributed by atoms with van der Waals surface area (Å²) in [7, 11) is 0. The second-order valence-electron chi connectivity index (χ2n) is 6.27. The van der Waals surface area contributed by atoms with Gasteiger partial charge in [-0.05, 0) is 79.9 Å². The Morgan fingerprint density at radius 3 is 2.22 bits per heavy atom. The molecule has 0 saturated heterocycles. The molecule has 0 aromatic heterocycles. The summed E-state index contributed by atoms with van der Waals surface area (Å²) in [5, 5.41) is 0. The van der Waals surface area contributed by atoms with E-state index in [-0.39, 0.29) is 5.78 Å². The molecule has 0 radical (unpaired) electrons. The summed E-state index contributed by atoms with van der Waals surface area (Å²) in [6.45, 7) is 2.24. The lowest BCUT2D eigenvalue weighted by molar-refractivity contribution is 0.104. The zero-order valence-corrected chi connectivity index (χ0v) is 20.9. The number of hydrogen-bond acceptors (Lipinski definition) is 2. The number of unbranched alkanes of at least 4 members (excludes halogenated alkanes) is 4. The standard InChI is InChI=1S/C22H23Br3OS/c1-2-3-4-5-6-13-27-18-10-7-16(8-11-18)9-12-21(26)22-19(24)14-17(23)15-20(22)25/h7-12,14-15H,2-6,13H2,1H3. The molecule has 0 heterocycles. The summed E-state index contributed by atoms with van der Waals surface area (Å²) in [6.07, 6.45) is 10.1. The highest BCUT2D eigenvalue weighted by molar-refractivity contribution is 9.11. The summed E-state index contributed by atoms with van der Waals surface area (Å²) >= 11 is 12.2. The molecule has 5 heteroatoms. The van der Waals surface area contributed by atoms with E-state index in [0.29, 0.717) is 5.56 Å². The molecule has 0 bridgehead atoms. The Morgan fingerprint density at radius 1 is 0.963 bits per heavy atom. The number of ketones is 1. The third-order valence-corrected chi connectivity index (χ3v) is 6.88. The smallest absolute Gasteiger partial charge is 0.188 e. The molecule has 2 aromatic rings. The van der Waals surface area contributed by atoms with Gasteiger partial charge in [-0.25, -0.2) is 0 Å². The van der Waals surface area contributed by atoms with Crippen molar-refractivity contribution in [2.45, 2.75) is 43.9 Å². The van der Waals surface area contributed by atoms with Crippen molar-refractivity contribution in [1.82, 2.24) is 0 Å². The van der Waals surface area contributed by atoms with Crippen LogP contribution >= 0.6 is 59.6 Å². The fourth-order valence-corrected chi connectivity index (χ4v) is 6.17. The third kappa shape index (κ3) is 7.88. The van der Waals surface area contributed by atoms with E-state index in [0.717, 1.165) is 19.0 Å². The molecule has 0 aliphatic heterocycles. The van der Waals surface area contributed by atoms with E-state index in [4.69, 9.17) is 0 Å². The van der Waals surface area contributed by atoms with Crippen LogP contribution in [0.3, 0.4) is 0 Å². The molecule has 2 rings (SSSR count). The third-order valence-electron chi connectivity index (χ3n) is 4.08. The molecule has 0 aliphatic carbocycles. The summed E-state index contributed by atoms with van der Waals surface area (Å²) in [6, 6.07) is 12.1. The van der Waals surface area contributed by atoms with Crippen molar-refractivity contribution in [2.24, 2.45) is 0 Å². The minimum atomic E-state index is -0.0354. The fraction of sp³-hybridized carbons (Fsp3) is 0.318. The zero-order valence-electron chi connectivity index (χ0n) is 15.3. The molecule has 0 aliphatic rings. The van der Waals surface area contributed by atoms with Gasteiger partial charge in [0.05, 0.1) is 5.56 Å². The maximum absolute atomic E-state index is 12.5. The van der Waals surface area contributed by atoms with Crippen molar-refractivity contribution in [3.8, 4) is 0 Å². The molecule has 2 aromatic carbocycles. The number of halogens is 3. The highest BCUT2D eigenvalue weighted by Gasteiger charge is 2.12. The SMILES string of the molecule is CCCCCCCSc1ccc(C=CC(=O)c2c(Br)cc(Br)cc2Br)cc1. The monoisotopic (exact) mass is 572 g/mol. The van der Waals surface area contributed by atoms with Crippen LogP contribution in [0.25, 0.3) is 6.08 Å². The number of benzene rings is 2. The Hall–Kier alpha value is -0.360. The van der Waals surface area contributed by atoms with Gasteiger partial charge in [-0.15, -0.1) is 11.8 Å². The second-order valence-corrected chi connectivity index (χ2v) is 10.1. The van der Waals surface area contributed by atoms with E-state index in [1.807, 2.05) is 30.0 Å². The quantitative estimate of drug-likeness (QED) is 0.122. The minimum absolute atomic E-state index is 0.0354. The Bertz CT molecular complexity index is 762. The molecular formula is C22H23Br3OS. The van der Waals surface area contributed by atoms with Crippen LogP contribution in [-0.4, -0.2) is 11.5 Å². The number of hydrogen-bond donors (Lipinski definition) is 0. The van der Waals surface area contributed by atoms with E-state index >= 15 is 0 Å². The average molecular weight is 575 g/mol. The lowest BCUT2D eigenvalue weighted by Crippen LogP contribution is -1.97. The first-order valence-electron chi connectivity index (χ1n) is 9.11. The summed E-state index contributed by atoms with van der Waals surface area (Å²) in [5.74, 6) is 1.13. The van der Waals surface area contributed by atoms with E-state index < -0.39 is 0 Å². The van der Waals surface area contributed by atoms with Crippen LogP contribution in [-0.2, 0) is 0 Å². The maximum atomic E-state index is 12.5.